The van der Waals surface area contributed by atoms with Crippen molar-refractivity contribution in [3.63, 3.8) is 0 Å². The molecule has 2 amide bonds. The van der Waals surface area contributed by atoms with Crippen LogP contribution in [0.1, 0.15) is 38.1 Å². The zero-order valence-corrected chi connectivity index (χ0v) is 17.1. The number of carbonyl (C=O) groups excluding carboxylic acids is 3. The molecule has 0 heterocycles. The van der Waals surface area contributed by atoms with Gasteiger partial charge in [0.05, 0.1) is 13.2 Å². The highest BCUT2D eigenvalue weighted by Crippen LogP contribution is 2.13. The molecule has 0 aliphatic carbocycles. The predicted octanol–water partition coefficient (Wildman–Crippen LogP) is 1.53. The van der Waals surface area contributed by atoms with Gasteiger partial charge in [-0.05, 0) is 44.0 Å². The fourth-order valence-electron chi connectivity index (χ4n) is 2.43. The molecule has 1 aromatic carbocycles. The third-order valence-corrected chi connectivity index (χ3v) is 3.80. The second-order valence-electron chi connectivity index (χ2n) is 6.68. The topological polar surface area (TPSA) is 103 Å². The van der Waals surface area contributed by atoms with Gasteiger partial charge in [0.15, 0.2) is 6.61 Å². The van der Waals surface area contributed by atoms with E-state index in [-0.39, 0.29) is 12.0 Å². The van der Waals surface area contributed by atoms with Gasteiger partial charge in [-0.15, -0.1) is 0 Å². The molecule has 0 radical (unpaired) electrons. The van der Waals surface area contributed by atoms with E-state index >= 15 is 0 Å². The Morgan fingerprint density at radius 2 is 1.68 bits per heavy atom. The maximum atomic E-state index is 12.4. The predicted molar refractivity (Wildman–Crippen MR) is 104 cm³/mol. The van der Waals surface area contributed by atoms with Crippen LogP contribution in [0.5, 0.6) is 5.75 Å². The Labute approximate surface area is 165 Å². The summed E-state index contributed by atoms with van der Waals surface area (Å²) in [5, 5.41) is 5.31. The van der Waals surface area contributed by atoms with E-state index in [1.54, 1.807) is 45.0 Å². The third kappa shape index (κ3) is 7.96. The molecule has 0 fully saturated rings. The molecule has 1 rings (SSSR count). The molecule has 0 saturated carbocycles. The molecule has 156 valence electrons. The average molecular weight is 394 g/mol. The summed E-state index contributed by atoms with van der Waals surface area (Å²) in [6, 6.07) is 5.54. The van der Waals surface area contributed by atoms with Gasteiger partial charge in [-0.2, -0.15) is 0 Å². The molecule has 0 aliphatic heterocycles. The summed E-state index contributed by atoms with van der Waals surface area (Å²) in [6.07, 6.45) is 0. The lowest BCUT2D eigenvalue weighted by Crippen LogP contribution is -2.46. The molecule has 0 aromatic heterocycles. The Bertz CT molecular complexity index is 645. The maximum Gasteiger partial charge on any atom is 0.329 e. The first-order valence-corrected chi connectivity index (χ1v) is 9.27. The quantitative estimate of drug-likeness (QED) is 0.552. The summed E-state index contributed by atoms with van der Waals surface area (Å²) >= 11 is 0. The molecule has 8 heteroatoms. The van der Waals surface area contributed by atoms with Gasteiger partial charge < -0.3 is 24.8 Å². The number of carbonyl (C=O) groups is 3. The van der Waals surface area contributed by atoms with Crippen molar-refractivity contribution in [2.45, 2.75) is 39.8 Å². The van der Waals surface area contributed by atoms with Crippen LogP contribution in [0.4, 0.5) is 0 Å². The summed E-state index contributed by atoms with van der Waals surface area (Å²) in [5.41, 5.74) is 0.396. The smallest absolute Gasteiger partial charge is 0.329 e. The van der Waals surface area contributed by atoms with Crippen LogP contribution < -0.4 is 15.4 Å². The number of nitrogens with one attached hydrogen (secondary N) is 2. The first-order chi connectivity index (χ1) is 13.3. The zero-order valence-electron chi connectivity index (χ0n) is 17.1. The third-order valence-electron chi connectivity index (χ3n) is 3.80. The Kier molecular flexibility index (Phi) is 10.0. The fraction of sp³-hybridized carbons (Fsp3) is 0.550. The summed E-state index contributed by atoms with van der Waals surface area (Å²) < 4.78 is 15.3. The van der Waals surface area contributed by atoms with Crippen LogP contribution in [0.15, 0.2) is 24.3 Å². The monoisotopic (exact) mass is 394 g/mol. The maximum absolute atomic E-state index is 12.4. The molecule has 0 bridgehead atoms. The number of esters is 1. The van der Waals surface area contributed by atoms with Crippen molar-refractivity contribution in [3.05, 3.63) is 29.8 Å². The largest absolute Gasteiger partial charge is 0.494 e. The minimum Gasteiger partial charge on any atom is -0.494 e. The second kappa shape index (κ2) is 12.0. The van der Waals surface area contributed by atoms with Gasteiger partial charge in [0, 0.05) is 18.7 Å². The fourth-order valence-corrected chi connectivity index (χ4v) is 2.43. The average Bonchev–Trinajstić information content (AvgIpc) is 2.64. The van der Waals surface area contributed by atoms with E-state index in [1.165, 1.54) is 7.11 Å². The first-order valence-electron chi connectivity index (χ1n) is 9.27. The van der Waals surface area contributed by atoms with Crippen molar-refractivity contribution in [1.82, 2.24) is 10.6 Å². The molecular weight excluding hydrogens is 364 g/mol. The Morgan fingerprint density at radius 3 is 2.21 bits per heavy atom. The molecule has 0 saturated heterocycles. The summed E-state index contributed by atoms with van der Waals surface area (Å²) in [7, 11) is 1.53. The minimum absolute atomic E-state index is 0.198. The van der Waals surface area contributed by atoms with E-state index in [2.05, 4.69) is 10.6 Å². The van der Waals surface area contributed by atoms with E-state index < -0.39 is 30.4 Å². The molecular formula is C20H30N2O6. The highest BCUT2D eigenvalue weighted by molar-refractivity contribution is 5.97. The highest BCUT2D eigenvalue weighted by Gasteiger charge is 2.27. The normalized spacial score (nSPS) is 12.8. The number of rotatable bonds is 11. The van der Waals surface area contributed by atoms with Crippen LogP contribution in [-0.4, -0.2) is 56.8 Å². The number of benzene rings is 1. The van der Waals surface area contributed by atoms with Gasteiger partial charge in [0.1, 0.15) is 11.8 Å². The van der Waals surface area contributed by atoms with Crippen molar-refractivity contribution in [3.8, 4) is 5.75 Å². The lowest BCUT2D eigenvalue weighted by atomic mass is 10.0. The molecule has 2 N–H and O–H groups in total. The van der Waals surface area contributed by atoms with Gasteiger partial charge >= 0.3 is 5.97 Å². The summed E-state index contributed by atoms with van der Waals surface area (Å²) in [6.45, 7) is 7.68. The number of ether oxygens (including phenoxy) is 3. The van der Waals surface area contributed by atoms with Crippen LogP contribution >= 0.6 is 0 Å². The van der Waals surface area contributed by atoms with E-state index in [9.17, 15) is 14.4 Å². The van der Waals surface area contributed by atoms with E-state index in [1.807, 2.05) is 6.92 Å². The van der Waals surface area contributed by atoms with Crippen molar-refractivity contribution in [2.75, 3.05) is 26.9 Å². The molecule has 0 spiro atoms. The summed E-state index contributed by atoms with van der Waals surface area (Å²) in [5.74, 6) is -1.05. The van der Waals surface area contributed by atoms with Crippen LogP contribution in [-0.2, 0) is 19.1 Å². The Morgan fingerprint density at radius 1 is 1.04 bits per heavy atom. The molecule has 2 atom stereocenters. The van der Waals surface area contributed by atoms with Gasteiger partial charge in [-0.3, -0.25) is 9.59 Å². The van der Waals surface area contributed by atoms with E-state index in [4.69, 9.17) is 14.2 Å². The van der Waals surface area contributed by atoms with Crippen LogP contribution in [0.2, 0.25) is 0 Å². The molecule has 1 aromatic rings. The SMILES string of the molecule is CCOc1ccc(C(=O)NC(C(=O)OCC(=O)NC(C)COC)C(C)C)cc1. The molecule has 8 nitrogen and oxygen atoms in total. The number of hydrogen-bond donors (Lipinski definition) is 2. The van der Waals surface area contributed by atoms with Crippen LogP contribution in [0, 0.1) is 5.92 Å². The van der Waals surface area contributed by atoms with Gasteiger partial charge in [-0.25, -0.2) is 4.79 Å². The van der Waals surface area contributed by atoms with Crippen molar-refractivity contribution in [2.24, 2.45) is 5.92 Å². The van der Waals surface area contributed by atoms with E-state index in [0.717, 1.165) is 0 Å². The second-order valence-corrected chi connectivity index (χ2v) is 6.68. The molecule has 28 heavy (non-hydrogen) atoms. The summed E-state index contributed by atoms with van der Waals surface area (Å²) in [4.78, 5) is 36.6. The van der Waals surface area contributed by atoms with Gasteiger partial charge in [0.2, 0.25) is 0 Å². The lowest BCUT2D eigenvalue weighted by molar-refractivity contribution is -0.151. The standard InChI is InChI=1S/C20H30N2O6/c1-6-27-16-9-7-15(8-10-16)19(24)22-18(13(2)3)20(25)28-12-17(23)21-14(4)11-26-5/h7-10,13-14,18H,6,11-12H2,1-5H3,(H,21,23)(H,22,24). The van der Waals surface area contributed by atoms with E-state index in [0.29, 0.717) is 24.5 Å². The highest BCUT2D eigenvalue weighted by atomic mass is 16.5. The minimum atomic E-state index is -0.872. The number of amides is 2. The molecule has 0 aliphatic rings. The first kappa shape index (κ1) is 23.4. The van der Waals surface area contributed by atoms with Gasteiger partial charge in [0.25, 0.3) is 11.8 Å². The Hall–Kier alpha value is -2.61. The lowest BCUT2D eigenvalue weighted by Gasteiger charge is -2.21. The van der Waals surface area contributed by atoms with Crippen molar-refractivity contribution < 1.29 is 28.6 Å². The number of hydrogen-bond acceptors (Lipinski definition) is 6. The van der Waals surface area contributed by atoms with Crippen LogP contribution in [0.25, 0.3) is 0 Å². The van der Waals surface area contributed by atoms with Crippen molar-refractivity contribution in [1.29, 1.82) is 0 Å². The van der Waals surface area contributed by atoms with Crippen LogP contribution in [0.3, 0.4) is 0 Å². The molecule has 2 unspecified atom stereocenters. The number of methoxy groups -OCH3 is 1. The zero-order chi connectivity index (χ0) is 21.1. The Balaban J connectivity index is 2.62. The van der Waals surface area contributed by atoms with Crippen molar-refractivity contribution >= 4 is 17.8 Å². The van der Waals surface area contributed by atoms with Gasteiger partial charge in [-0.1, -0.05) is 13.8 Å².